The van der Waals surface area contributed by atoms with Crippen molar-refractivity contribution in [2.75, 3.05) is 0 Å². The second-order valence-electron chi connectivity index (χ2n) is 3.04. The SMILES string of the molecule is CCc1ccc(C(Br)Br)cc1CC. The van der Waals surface area contributed by atoms with Crippen LogP contribution in [-0.2, 0) is 12.8 Å². The molecule has 0 spiro atoms. The maximum Gasteiger partial charge on any atom is 0.0946 e. The maximum absolute atomic E-state index is 3.51. The zero-order chi connectivity index (χ0) is 9.84. The minimum atomic E-state index is 0.274. The maximum atomic E-state index is 3.51. The van der Waals surface area contributed by atoms with Gasteiger partial charge in [-0.15, -0.1) is 0 Å². The Balaban J connectivity index is 3.05. The van der Waals surface area contributed by atoms with Gasteiger partial charge in [0.2, 0.25) is 0 Å². The molecule has 0 N–H and O–H groups in total. The van der Waals surface area contributed by atoms with E-state index in [0.717, 1.165) is 12.8 Å². The first-order chi connectivity index (χ1) is 6.19. The molecule has 0 unspecified atom stereocenters. The smallest absolute Gasteiger partial charge is 0.0712 e. The highest BCUT2D eigenvalue weighted by atomic mass is 79.9. The number of rotatable bonds is 3. The summed E-state index contributed by atoms with van der Waals surface area (Å²) in [4.78, 5) is 0. The molecule has 13 heavy (non-hydrogen) atoms. The lowest BCUT2D eigenvalue weighted by Crippen LogP contribution is -1.93. The lowest BCUT2D eigenvalue weighted by molar-refractivity contribution is 1.03. The van der Waals surface area contributed by atoms with E-state index in [1.54, 1.807) is 0 Å². The Kier molecular flexibility index (Phi) is 4.47. The van der Waals surface area contributed by atoms with Crippen molar-refractivity contribution < 1.29 is 0 Å². The summed E-state index contributed by atoms with van der Waals surface area (Å²) in [7, 11) is 0. The molecule has 0 heterocycles. The van der Waals surface area contributed by atoms with Crippen LogP contribution in [0.3, 0.4) is 0 Å². The topological polar surface area (TPSA) is 0 Å². The molecule has 0 aliphatic rings. The highest BCUT2D eigenvalue weighted by Crippen LogP contribution is 2.30. The molecule has 0 amide bonds. The van der Waals surface area contributed by atoms with Crippen molar-refractivity contribution in [2.24, 2.45) is 0 Å². The van der Waals surface area contributed by atoms with Gasteiger partial charge in [-0.05, 0) is 29.5 Å². The first-order valence-corrected chi connectivity index (χ1v) is 6.42. The largest absolute Gasteiger partial charge is 0.0946 e. The van der Waals surface area contributed by atoms with Gasteiger partial charge in [-0.3, -0.25) is 0 Å². The van der Waals surface area contributed by atoms with Crippen LogP contribution in [0.1, 0.15) is 34.3 Å². The molecule has 0 saturated carbocycles. The van der Waals surface area contributed by atoms with Crippen LogP contribution >= 0.6 is 31.9 Å². The zero-order valence-electron chi connectivity index (χ0n) is 7.98. The van der Waals surface area contributed by atoms with Gasteiger partial charge in [0, 0.05) is 0 Å². The monoisotopic (exact) mass is 304 g/mol. The number of benzene rings is 1. The van der Waals surface area contributed by atoms with Gasteiger partial charge in [-0.25, -0.2) is 0 Å². The predicted molar refractivity (Wildman–Crippen MR) is 65.8 cm³/mol. The van der Waals surface area contributed by atoms with E-state index in [0.29, 0.717) is 0 Å². The van der Waals surface area contributed by atoms with Gasteiger partial charge in [0.05, 0.1) is 3.74 Å². The Morgan fingerprint density at radius 3 is 2.15 bits per heavy atom. The van der Waals surface area contributed by atoms with E-state index in [9.17, 15) is 0 Å². The fourth-order valence-electron chi connectivity index (χ4n) is 1.46. The van der Waals surface area contributed by atoms with E-state index < -0.39 is 0 Å². The summed E-state index contributed by atoms with van der Waals surface area (Å²) in [6, 6.07) is 6.67. The molecule has 0 aliphatic heterocycles. The van der Waals surface area contributed by atoms with E-state index in [1.807, 2.05) is 0 Å². The second kappa shape index (κ2) is 5.16. The summed E-state index contributed by atoms with van der Waals surface area (Å²) < 4.78 is 0.274. The van der Waals surface area contributed by atoms with Gasteiger partial charge in [-0.2, -0.15) is 0 Å². The average Bonchev–Trinajstić information content (AvgIpc) is 2.16. The lowest BCUT2D eigenvalue weighted by atomic mass is 10.0. The summed E-state index contributed by atoms with van der Waals surface area (Å²) in [6.45, 7) is 4.41. The van der Waals surface area contributed by atoms with E-state index in [4.69, 9.17) is 0 Å². The molecular weight excluding hydrogens is 292 g/mol. The number of hydrogen-bond acceptors (Lipinski definition) is 0. The molecule has 1 aromatic rings. The van der Waals surface area contributed by atoms with E-state index >= 15 is 0 Å². The molecule has 0 atom stereocenters. The molecule has 0 bridgehead atoms. The third kappa shape index (κ3) is 2.81. The second-order valence-corrected chi connectivity index (χ2v) is 6.10. The summed E-state index contributed by atoms with van der Waals surface area (Å²) in [5.41, 5.74) is 4.23. The predicted octanol–water partition coefficient (Wildman–Crippen LogP) is 4.60. The van der Waals surface area contributed by atoms with Crippen LogP contribution in [0.5, 0.6) is 0 Å². The quantitative estimate of drug-likeness (QED) is 0.716. The molecule has 1 aromatic carbocycles. The Labute approximate surface area is 97.0 Å². The average molecular weight is 306 g/mol. The molecule has 0 nitrogen and oxygen atoms in total. The highest BCUT2D eigenvalue weighted by Gasteiger charge is 2.05. The fourth-order valence-corrected chi connectivity index (χ4v) is 2.03. The van der Waals surface area contributed by atoms with Gasteiger partial charge in [0.25, 0.3) is 0 Å². The molecular formula is C11H14Br2. The van der Waals surface area contributed by atoms with Crippen LogP contribution in [0.15, 0.2) is 18.2 Å². The Morgan fingerprint density at radius 1 is 1.08 bits per heavy atom. The van der Waals surface area contributed by atoms with Crippen molar-refractivity contribution in [1.29, 1.82) is 0 Å². The number of alkyl halides is 2. The normalized spacial score (nSPS) is 10.8. The fraction of sp³-hybridized carbons (Fsp3) is 0.455. The number of aryl methyl sites for hydroxylation is 2. The molecule has 2 heteroatoms. The number of halogens is 2. The standard InChI is InChI=1S/C11H14Br2/c1-3-8-5-6-10(11(12)13)7-9(8)4-2/h5-7,11H,3-4H2,1-2H3. The van der Waals surface area contributed by atoms with Gasteiger partial charge in [0.1, 0.15) is 0 Å². The minimum absolute atomic E-state index is 0.274. The van der Waals surface area contributed by atoms with E-state index in [1.165, 1.54) is 16.7 Å². The van der Waals surface area contributed by atoms with E-state index in [2.05, 4.69) is 63.9 Å². The summed E-state index contributed by atoms with van der Waals surface area (Å²) in [5.74, 6) is 0. The zero-order valence-corrected chi connectivity index (χ0v) is 11.2. The Bertz CT molecular complexity index is 279. The van der Waals surface area contributed by atoms with Crippen LogP contribution in [0.4, 0.5) is 0 Å². The van der Waals surface area contributed by atoms with Crippen LogP contribution in [0, 0.1) is 0 Å². The number of hydrogen-bond donors (Lipinski definition) is 0. The third-order valence-corrected chi connectivity index (χ3v) is 3.30. The van der Waals surface area contributed by atoms with Crippen LogP contribution < -0.4 is 0 Å². The van der Waals surface area contributed by atoms with Crippen molar-refractivity contribution in [3.05, 3.63) is 34.9 Å². The summed E-state index contributed by atoms with van der Waals surface area (Å²) in [6.07, 6.45) is 2.24. The summed E-state index contributed by atoms with van der Waals surface area (Å²) in [5, 5.41) is 0. The van der Waals surface area contributed by atoms with Crippen molar-refractivity contribution >= 4 is 31.9 Å². The van der Waals surface area contributed by atoms with Crippen molar-refractivity contribution in [3.8, 4) is 0 Å². The molecule has 0 radical (unpaired) electrons. The van der Waals surface area contributed by atoms with E-state index in [-0.39, 0.29) is 3.74 Å². The first kappa shape index (κ1) is 11.3. The molecule has 0 saturated heterocycles. The van der Waals surface area contributed by atoms with Gasteiger partial charge >= 0.3 is 0 Å². The molecule has 0 aromatic heterocycles. The van der Waals surface area contributed by atoms with Crippen LogP contribution in [-0.4, -0.2) is 0 Å². The minimum Gasteiger partial charge on any atom is -0.0712 e. The third-order valence-electron chi connectivity index (χ3n) is 2.24. The van der Waals surface area contributed by atoms with Gasteiger partial charge in [0.15, 0.2) is 0 Å². The molecule has 72 valence electrons. The van der Waals surface area contributed by atoms with Crippen LogP contribution in [0.25, 0.3) is 0 Å². The highest BCUT2D eigenvalue weighted by molar-refractivity contribution is 9.24. The molecule has 0 aliphatic carbocycles. The molecule has 1 rings (SSSR count). The van der Waals surface area contributed by atoms with Crippen molar-refractivity contribution in [2.45, 2.75) is 30.4 Å². The first-order valence-electron chi connectivity index (χ1n) is 4.58. The van der Waals surface area contributed by atoms with Crippen molar-refractivity contribution in [1.82, 2.24) is 0 Å². The lowest BCUT2D eigenvalue weighted by Gasteiger charge is -2.09. The molecule has 0 fully saturated rings. The Morgan fingerprint density at radius 2 is 1.69 bits per heavy atom. The summed E-state index contributed by atoms with van der Waals surface area (Å²) >= 11 is 7.02. The van der Waals surface area contributed by atoms with Crippen molar-refractivity contribution in [3.63, 3.8) is 0 Å². The Hall–Kier alpha value is 0.180. The van der Waals surface area contributed by atoms with Gasteiger partial charge in [-0.1, -0.05) is 63.9 Å². The van der Waals surface area contributed by atoms with Crippen LogP contribution in [0.2, 0.25) is 0 Å². The van der Waals surface area contributed by atoms with Gasteiger partial charge < -0.3 is 0 Å².